The van der Waals surface area contributed by atoms with Crippen molar-refractivity contribution >= 4 is 0 Å². The van der Waals surface area contributed by atoms with E-state index in [0.717, 1.165) is 19.3 Å². The van der Waals surface area contributed by atoms with Crippen LogP contribution in [0, 0.1) is 16.7 Å². The van der Waals surface area contributed by atoms with E-state index in [0.29, 0.717) is 6.54 Å². The molecular weight excluding hydrogens is 218 g/mol. The smallest absolute Gasteiger partial charge is 0.265 e. The van der Waals surface area contributed by atoms with Crippen LogP contribution in [0.3, 0.4) is 0 Å². The van der Waals surface area contributed by atoms with Crippen molar-refractivity contribution in [2.45, 2.75) is 39.7 Å². The van der Waals surface area contributed by atoms with E-state index in [2.05, 4.69) is 11.2 Å². The molecule has 1 rings (SSSR count). The fourth-order valence-electron chi connectivity index (χ4n) is 1.52. The molecule has 1 N–H and O–H groups in total. The summed E-state index contributed by atoms with van der Waals surface area (Å²) in [6.45, 7) is 4.27. The van der Waals surface area contributed by atoms with Crippen molar-refractivity contribution in [3.8, 4) is 6.07 Å². The highest BCUT2D eigenvalue weighted by molar-refractivity contribution is 4.91. The number of aromatic amines is 1. The van der Waals surface area contributed by atoms with E-state index < -0.39 is 0 Å². The number of nitriles is 1. The molecule has 17 heavy (non-hydrogen) atoms. The van der Waals surface area contributed by atoms with Gasteiger partial charge in [-0.2, -0.15) is 5.26 Å². The Morgan fingerprint density at radius 3 is 2.71 bits per heavy atom. The molecule has 0 fully saturated rings. The fraction of sp³-hybridized carbons (Fsp3) is 0.583. The van der Waals surface area contributed by atoms with Crippen LogP contribution < -0.4 is 11.1 Å². The number of nitrogens with zero attached hydrogens (tertiary/aromatic N) is 2. The van der Waals surface area contributed by atoms with Crippen molar-refractivity contribution in [1.29, 1.82) is 5.26 Å². The number of hydrogen-bond acceptors (Lipinski definition) is 3. The maximum absolute atomic E-state index is 11.4. The molecule has 0 bridgehead atoms. The third-order valence-electron chi connectivity index (χ3n) is 2.62. The average Bonchev–Trinajstić information content (AvgIpc) is 2.29. The second-order valence-electron chi connectivity index (χ2n) is 4.75. The van der Waals surface area contributed by atoms with Gasteiger partial charge in [-0.3, -0.25) is 19.4 Å². The molecule has 0 aliphatic heterocycles. The zero-order chi connectivity index (χ0) is 12.9. The summed E-state index contributed by atoms with van der Waals surface area (Å²) < 4.78 is 1.31. The Morgan fingerprint density at radius 2 is 2.06 bits per heavy atom. The van der Waals surface area contributed by atoms with Gasteiger partial charge in [0.2, 0.25) is 0 Å². The fourth-order valence-corrected chi connectivity index (χ4v) is 1.52. The minimum absolute atomic E-state index is 0.204. The molecule has 0 spiro atoms. The van der Waals surface area contributed by atoms with Gasteiger partial charge in [-0.05, 0) is 26.7 Å². The molecule has 0 atom stereocenters. The summed E-state index contributed by atoms with van der Waals surface area (Å²) in [5.74, 6) is 0. The maximum atomic E-state index is 11.4. The van der Waals surface area contributed by atoms with Crippen molar-refractivity contribution in [2.75, 3.05) is 0 Å². The molecule has 0 unspecified atom stereocenters. The molecule has 0 aliphatic rings. The zero-order valence-corrected chi connectivity index (χ0v) is 10.2. The lowest BCUT2D eigenvalue weighted by molar-refractivity contribution is 0.408. The minimum Gasteiger partial charge on any atom is -0.268 e. The minimum atomic E-state index is -0.324. The highest BCUT2D eigenvalue weighted by atomic mass is 16.1. The molecule has 0 saturated carbocycles. The van der Waals surface area contributed by atoms with E-state index >= 15 is 0 Å². The summed E-state index contributed by atoms with van der Waals surface area (Å²) in [5.41, 5.74) is -0.805. The molecule has 0 aromatic carbocycles. The van der Waals surface area contributed by atoms with Crippen LogP contribution in [0.25, 0.3) is 0 Å². The van der Waals surface area contributed by atoms with Crippen LogP contribution in [0.5, 0.6) is 0 Å². The van der Waals surface area contributed by atoms with Crippen molar-refractivity contribution in [1.82, 2.24) is 9.78 Å². The molecule has 5 nitrogen and oxygen atoms in total. The maximum Gasteiger partial charge on any atom is 0.265 e. The monoisotopic (exact) mass is 235 g/mol. The van der Waals surface area contributed by atoms with E-state index in [9.17, 15) is 9.59 Å². The first-order chi connectivity index (χ1) is 7.94. The Kier molecular flexibility index (Phi) is 4.27. The van der Waals surface area contributed by atoms with Gasteiger partial charge in [-0.15, -0.1) is 0 Å². The molecular formula is C12H17N3O2. The van der Waals surface area contributed by atoms with Crippen LogP contribution in [-0.2, 0) is 6.54 Å². The van der Waals surface area contributed by atoms with Crippen LogP contribution in [0.2, 0.25) is 0 Å². The van der Waals surface area contributed by atoms with Crippen LogP contribution in [0.1, 0.15) is 33.1 Å². The van der Waals surface area contributed by atoms with Gasteiger partial charge in [0.05, 0.1) is 11.5 Å². The highest BCUT2D eigenvalue weighted by Gasteiger charge is 2.15. The Morgan fingerprint density at radius 1 is 1.35 bits per heavy atom. The average molecular weight is 235 g/mol. The number of H-pyrrole nitrogens is 1. The second kappa shape index (κ2) is 5.48. The highest BCUT2D eigenvalue weighted by Crippen LogP contribution is 2.21. The number of nitrogens with one attached hydrogen (secondary N) is 1. The second-order valence-corrected chi connectivity index (χ2v) is 4.75. The predicted molar refractivity (Wildman–Crippen MR) is 64.6 cm³/mol. The van der Waals surface area contributed by atoms with Gasteiger partial charge in [0.15, 0.2) is 0 Å². The van der Waals surface area contributed by atoms with Gasteiger partial charge in [-0.25, -0.2) is 0 Å². The number of aryl methyl sites for hydroxylation is 1. The lowest BCUT2D eigenvalue weighted by Crippen LogP contribution is -2.28. The Balaban J connectivity index is 2.47. The van der Waals surface area contributed by atoms with Crippen molar-refractivity contribution in [3.63, 3.8) is 0 Å². The van der Waals surface area contributed by atoms with Gasteiger partial charge in [0.1, 0.15) is 0 Å². The number of rotatable bonds is 5. The summed E-state index contributed by atoms with van der Waals surface area (Å²) in [4.78, 5) is 22.4. The summed E-state index contributed by atoms with van der Waals surface area (Å²) in [6, 6.07) is 4.72. The first-order valence-corrected chi connectivity index (χ1v) is 5.66. The SMILES string of the molecule is CC(C)(C#N)CCCCn1[nH]c(=O)ccc1=O. The number of aromatic nitrogens is 2. The van der Waals surface area contributed by atoms with Crippen LogP contribution in [0.4, 0.5) is 0 Å². The topological polar surface area (TPSA) is 78.7 Å². The number of unbranched alkanes of at least 4 members (excludes halogenated alkanes) is 1. The van der Waals surface area contributed by atoms with E-state index in [1.54, 1.807) is 0 Å². The van der Waals surface area contributed by atoms with Crippen molar-refractivity contribution < 1.29 is 0 Å². The van der Waals surface area contributed by atoms with E-state index in [4.69, 9.17) is 5.26 Å². The van der Waals surface area contributed by atoms with E-state index in [1.807, 2.05) is 13.8 Å². The molecule has 0 saturated heterocycles. The molecule has 1 aromatic rings. The summed E-state index contributed by atoms with van der Waals surface area (Å²) in [7, 11) is 0. The third kappa shape index (κ3) is 4.27. The molecule has 1 aromatic heterocycles. The molecule has 0 radical (unpaired) electrons. The predicted octanol–water partition coefficient (Wildman–Crippen LogP) is 1.26. The Labute approximate surface area is 99.7 Å². The van der Waals surface area contributed by atoms with Gasteiger partial charge in [0, 0.05) is 18.7 Å². The lowest BCUT2D eigenvalue weighted by Gasteiger charge is -2.14. The normalized spacial score (nSPS) is 11.1. The van der Waals surface area contributed by atoms with Gasteiger partial charge < -0.3 is 0 Å². The Bertz CT molecular complexity index is 520. The molecule has 92 valence electrons. The van der Waals surface area contributed by atoms with Crippen LogP contribution in [-0.4, -0.2) is 9.78 Å². The van der Waals surface area contributed by atoms with Crippen LogP contribution in [0.15, 0.2) is 21.7 Å². The quantitative estimate of drug-likeness (QED) is 0.780. The standard InChI is InChI=1S/C12H17N3O2/c1-12(2,9-13)7-3-4-8-15-11(17)6-5-10(16)14-15/h5-6H,3-4,7-8H2,1-2H3,(H,14,16). The molecule has 0 aliphatic carbocycles. The zero-order valence-electron chi connectivity index (χ0n) is 10.2. The first-order valence-electron chi connectivity index (χ1n) is 5.66. The Hall–Kier alpha value is -1.83. The molecule has 0 amide bonds. The number of hydrogen-bond donors (Lipinski definition) is 1. The summed E-state index contributed by atoms with van der Waals surface area (Å²) in [5, 5.41) is 11.3. The van der Waals surface area contributed by atoms with E-state index in [-0.39, 0.29) is 16.5 Å². The summed E-state index contributed by atoms with van der Waals surface area (Å²) in [6.07, 6.45) is 2.41. The van der Waals surface area contributed by atoms with Gasteiger partial charge >= 0.3 is 0 Å². The van der Waals surface area contributed by atoms with Crippen molar-refractivity contribution in [3.05, 3.63) is 32.8 Å². The van der Waals surface area contributed by atoms with E-state index in [1.165, 1.54) is 16.8 Å². The van der Waals surface area contributed by atoms with Gasteiger partial charge in [-0.1, -0.05) is 6.42 Å². The first kappa shape index (κ1) is 13.2. The van der Waals surface area contributed by atoms with Gasteiger partial charge in [0.25, 0.3) is 11.1 Å². The lowest BCUT2D eigenvalue weighted by atomic mass is 9.89. The third-order valence-corrected chi connectivity index (χ3v) is 2.62. The summed E-state index contributed by atoms with van der Waals surface area (Å²) >= 11 is 0. The van der Waals surface area contributed by atoms with Crippen molar-refractivity contribution in [2.24, 2.45) is 5.41 Å². The largest absolute Gasteiger partial charge is 0.268 e. The molecule has 5 heteroatoms. The van der Waals surface area contributed by atoms with Crippen LogP contribution >= 0.6 is 0 Å². The molecule has 1 heterocycles.